The first kappa shape index (κ1) is 10.8. The van der Waals surface area contributed by atoms with E-state index in [0.29, 0.717) is 5.41 Å². The van der Waals surface area contributed by atoms with E-state index in [1.807, 2.05) is 18.2 Å². The zero-order valence-corrected chi connectivity index (χ0v) is 9.77. The van der Waals surface area contributed by atoms with Crippen LogP contribution in [0.2, 0.25) is 5.02 Å². The van der Waals surface area contributed by atoms with E-state index >= 15 is 0 Å². The maximum atomic E-state index is 5.90. The predicted molar refractivity (Wildman–Crippen MR) is 65.4 cm³/mol. The highest BCUT2D eigenvalue weighted by atomic mass is 35.5. The maximum absolute atomic E-state index is 5.90. The first-order valence-corrected chi connectivity index (χ1v) is 5.73. The molecule has 2 nitrogen and oxygen atoms in total. The Hall–Kier alpha value is -0.730. The minimum Gasteiger partial charge on any atom is -0.384 e. The molecule has 1 aromatic carbocycles. The Morgan fingerprint density at radius 2 is 2.20 bits per heavy atom. The predicted octanol–water partition coefficient (Wildman–Crippen LogP) is 2.80. The maximum Gasteiger partial charge on any atom is 0.0410 e. The van der Waals surface area contributed by atoms with E-state index < -0.39 is 0 Å². The van der Waals surface area contributed by atoms with Crippen molar-refractivity contribution in [2.45, 2.75) is 19.8 Å². The summed E-state index contributed by atoms with van der Waals surface area (Å²) < 4.78 is 0. The molecule has 0 aliphatic heterocycles. The third-order valence-electron chi connectivity index (χ3n) is 3.23. The number of aryl methyl sites for hydroxylation is 1. The summed E-state index contributed by atoms with van der Waals surface area (Å²) >= 11 is 5.90. The van der Waals surface area contributed by atoms with Gasteiger partial charge in [0.2, 0.25) is 0 Å². The monoisotopic (exact) mass is 224 g/mol. The summed E-state index contributed by atoms with van der Waals surface area (Å²) in [4.78, 5) is 0. The second kappa shape index (κ2) is 4.03. The molecule has 0 bridgehead atoms. The SMILES string of the molecule is Cc1cc(Cl)ccc1NCC1(CN)CC1. The molecular weight excluding hydrogens is 208 g/mol. The lowest BCUT2D eigenvalue weighted by molar-refractivity contribution is 0.556. The number of anilines is 1. The van der Waals surface area contributed by atoms with Gasteiger partial charge in [0.05, 0.1) is 0 Å². The summed E-state index contributed by atoms with van der Waals surface area (Å²) in [5.41, 5.74) is 8.46. The Balaban J connectivity index is 1.99. The van der Waals surface area contributed by atoms with Crippen molar-refractivity contribution in [3.05, 3.63) is 28.8 Å². The first-order chi connectivity index (χ1) is 7.15. The number of benzene rings is 1. The summed E-state index contributed by atoms with van der Waals surface area (Å²) in [5, 5.41) is 4.25. The molecule has 0 atom stereocenters. The lowest BCUT2D eigenvalue weighted by atomic mass is 10.1. The first-order valence-electron chi connectivity index (χ1n) is 5.35. The third kappa shape index (κ3) is 2.44. The quantitative estimate of drug-likeness (QED) is 0.826. The molecule has 0 spiro atoms. The molecule has 0 unspecified atom stereocenters. The van der Waals surface area contributed by atoms with Gasteiger partial charge in [-0.2, -0.15) is 0 Å². The third-order valence-corrected chi connectivity index (χ3v) is 3.47. The number of hydrogen-bond donors (Lipinski definition) is 2. The molecule has 0 amide bonds. The molecule has 15 heavy (non-hydrogen) atoms. The van der Waals surface area contributed by atoms with E-state index in [0.717, 1.165) is 18.1 Å². The second-order valence-corrected chi connectivity index (χ2v) is 4.95. The molecule has 1 aliphatic carbocycles. The van der Waals surface area contributed by atoms with Crippen molar-refractivity contribution < 1.29 is 0 Å². The molecule has 1 aliphatic rings. The highest BCUT2D eigenvalue weighted by Crippen LogP contribution is 2.44. The average molecular weight is 225 g/mol. The van der Waals surface area contributed by atoms with Crippen molar-refractivity contribution in [1.82, 2.24) is 0 Å². The van der Waals surface area contributed by atoms with E-state index in [4.69, 9.17) is 17.3 Å². The zero-order valence-electron chi connectivity index (χ0n) is 9.02. The van der Waals surface area contributed by atoms with Gasteiger partial charge in [0.15, 0.2) is 0 Å². The van der Waals surface area contributed by atoms with Gasteiger partial charge in [-0.3, -0.25) is 0 Å². The fraction of sp³-hybridized carbons (Fsp3) is 0.500. The van der Waals surface area contributed by atoms with E-state index in [1.165, 1.54) is 24.1 Å². The van der Waals surface area contributed by atoms with E-state index in [-0.39, 0.29) is 0 Å². The molecule has 2 rings (SSSR count). The van der Waals surface area contributed by atoms with Gasteiger partial charge in [-0.25, -0.2) is 0 Å². The molecule has 1 aromatic rings. The van der Waals surface area contributed by atoms with Crippen LogP contribution in [-0.4, -0.2) is 13.1 Å². The van der Waals surface area contributed by atoms with Gasteiger partial charge in [-0.1, -0.05) is 11.6 Å². The Morgan fingerprint density at radius 3 is 2.73 bits per heavy atom. The summed E-state index contributed by atoms with van der Waals surface area (Å²) in [6.07, 6.45) is 2.51. The summed E-state index contributed by atoms with van der Waals surface area (Å²) in [7, 11) is 0. The topological polar surface area (TPSA) is 38.0 Å². The lowest BCUT2D eigenvalue weighted by Gasteiger charge is -2.16. The van der Waals surface area contributed by atoms with Gasteiger partial charge < -0.3 is 11.1 Å². The van der Waals surface area contributed by atoms with Crippen LogP contribution in [0.15, 0.2) is 18.2 Å². The van der Waals surface area contributed by atoms with Crippen LogP contribution >= 0.6 is 11.6 Å². The van der Waals surface area contributed by atoms with Crippen molar-refractivity contribution in [1.29, 1.82) is 0 Å². The Morgan fingerprint density at radius 1 is 1.47 bits per heavy atom. The molecular formula is C12H17ClN2. The highest BCUT2D eigenvalue weighted by Gasteiger charge is 2.40. The number of hydrogen-bond acceptors (Lipinski definition) is 2. The normalized spacial score (nSPS) is 17.5. The zero-order chi connectivity index (χ0) is 10.9. The molecule has 0 heterocycles. The van der Waals surface area contributed by atoms with Crippen LogP contribution in [-0.2, 0) is 0 Å². The van der Waals surface area contributed by atoms with Gasteiger partial charge in [0.25, 0.3) is 0 Å². The van der Waals surface area contributed by atoms with Crippen LogP contribution in [0, 0.1) is 12.3 Å². The van der Waals surface area contributed by atoms with Crippen LogP contribution in [0.25, 0.3) is 0 Å². The van der Waals surface area contributed by atoms with Crippen molar-refractivity contribution in [3.63, 3.8) is 0 Å². The van der Waals surface area contributed by atoms with E-state index in [1.54, 1.807) is 0 Å². The van der Waals surface area contributed by atoms with Crippen LogP contribution in [0.1, 0.15) is 18.4 Å². The fourth-order valence-corrected chi connectivity index (χ4v) is 1.96. The van der Waals surface area contributed by atoms with Crippen LogP contribution in [0.3, 0.4) is 0 Å². The number of halogens is 1. The van der Waals surface area contributed by atoms with Crippen molar-refractivity contribution in [2.24, 2.45) is 11.1 Å². The number of nitrogens with two attached hydrogens (primary N) is 1. The molecule has 3 heteroatoms. The Bertz CT molecular complexity index is 359. The molecule has 0 radical (unpaired) electrons. The number of rotatable bonds is 4. The largest absolute Gasteiger partial charge is 0.384 e. The molecule has 0 saturated heterocycles. The van der Waals surface area contributed by atoms with E-state index in [2.05, 4.69) is 12.2 Å². The van der Waals surface area contributed by atoms with Crippen molar-refractivity contribution in [2.75, 3.05) is 18.4 Å². The smallest absolute Gasteiger partial charge is 0.0410 e. The summed E-state index contributed by atoms with van der Waals surface area (Å²) in [6, 6.07) is 5.93. The van der Waals surface area contributed by atoms with Crippen LogP contribution in [0.5, 0.6) is 0 Å². The molecule has 82 valence electrons. The Kier molecular flexibility index (Phi) is 2.89. The molecule has 3 N–H and O–H groups in total. The number of nitrogens with one attached hydrogen (secondary N) is 1. The fourth-order valence-electron chi connectivity index (χ4n) is 1.74. The summed E-state index contributed by atoms with van der Waals surface area (Å²) in [5.74, 6) is 0. The van der Waals surface area contributed by atoms with Crippen LogP contribution in [0.4, 0.5) is 5.69 Å². The molecule has 1 fully saturated rings. The Labute approximate surface area is 95.8 Å². The van der Waals surface area contributed by atoms with E-state index in [9.17, 15) is 0 Å². The van der Waals surface area contributed by atoms with Gasteiger partial charge in [0.1, 0.15) is 0 Å². The lowest BCUT2D eigenvalue weighted by Crippen LogP contribution is -2.24. The van der Waals surface area contributed by atoms with Gasteiger partial charge >= 0.3 is 0 Å². The molecule has 1 saturated carbocycles. The average Bonchev–Trinajstić information content (AvgIpc) is 2.97. The van der Waals surface area contributed by atoms with Crippen molar-refractivity contribution >= 4 is 17.3 Å². The van der Waals surface area contributed by atoms with Gasteiger partial charge in [-0.05, 0) is 55.5 Å². The standard InChI is InChI=1S/C12H17ClN2/c1-9-6-10(13)2-3-11(9)15-8-12(7-14)4-5-12/h2-3,6,15H,4-5,7-8,14H2,1H3. The summed E-state index contributed by atoms with van der Waals surface area (Å²) in [6.45, 7) is 3.83. The molecule has 0 aromatic heterocycles. The van der Waals surface area contributed by atoms with Gasteiger partial charge in [-0.15, -0.1) is 0 Å². The van der Waals surface area contributed by atoms with Crippen LogP contribution < -0.4 is 11.1 Å². The van der Waals surface area contributed by atoms with Gasteiger partial charge in [0, 0.05) is 17.3 Å². The van der Waals surface area contributed by atoms with Crippen molar-refractivity contribution in [3.8, 4) is 0 Å². The minimum atomic E-state index is 0.367. The second-order valence-electron chi connectivity index (χ2n) is 4.52. The minimum absolute atomic E-state index is 0.367. The highest BCUT2D eigenvalue weighted by molar-refractivity contribution is 6.30.